The molecule has 0 saturated heterocycles. The van der Waals surface area contributed by atoms with Gasteiger partial charge in [-0.05, 0) is 49.1 Å². The first-order chi connectivity index (χ1) is 13.9. The van der Waals surface area contributed by atoms with Crippen molar-refractivity contribution >= 4 is 35.8 Å². The summed E-state index contributed by atoms with van der Waals surface area (Å²) < 4.78 is 0. The van der Waals surface area contributed by atoms with E-state index in [4.69, 9.17) is 4.99 Å². The summed E-state index contributed by atoms with van der Waals surface area (Å²) in [7, 11) is 1.65. The number of carbonyl (C=O) groups is 1. The van der Waals surface area contributed by atoms with Gasteiger partial charge in [-0.3, -0.25) is 9.79 Å². The first kappa shape index (κ1) is 25.9. The fourth-order valence-electron chi connectivity index (χ4n) is 3.37. The van der Waals surface area contributed by atoms with Crippen molar-refractivity contribution in [2.75, 3.05) is 26.7 Å². The number of carbonyl (C=O) groups excluding carboxylic acids is 1. The fourth-order valence-corrected chi connectivity index (χ4v) is 3.37. The van der Waals surface area contributed by atoms with Crippen LogP contribution in [0.2, 0.25) is 0 Å². The summed E-state index contributed by atoms with van der Waals surface area (Å²) in [4.78, 5) is 16.6. The van der Waals surface area contributed by atoms with E-state index in [0.29, 0.717) is 12.1 Å². The van der Waals surface area contributed by atoms with E-state index >= 15 is 0 Å². The average molecular weight is 522 g/mol. The largest absolute Gasteiger partial charge is 0.357 e. The third-order valence-corrected chi connectivity index (χ3v) is 4.97. The summed E-state index contributed by atoms with van der Waals surface area (Å²) in [6.45, 7) is 10.9. The molecule has 0 saturated carbocycles. The highest BCUT2D eigenvalue weighted by Crippen LogP contribution is 2.26. The smallest absolute Gasteiger partial charge is 0.251 e. The van der Waals surface area contributed by atoms with Crippen LogP contribution in [0.1, 0.15) is 47.8 Å². The molecule has 1 amide bonds. The van der Waals surface area contributed by atoms with Crippen LogP contribution in [-0.2, 0) is 11.8 Å². The molecule has 0 spiro atoms. The van der Waals surface area contributed by atoms with E-state index in [1.807, 2.05) is 24.3 Å². The van der Waals surface area contributed by atoms with Crippen molar-refractivity contribution in [3.8, 4) is 0 Å². The van der Waals surface area contributed by atoms with Crippen LogP contribution in [0.15, 0.2) is 53.5 Å². The van der Waals surface area contributed by atoms with Crippen LogP contribution in [0, 0.1) is 6.92 Å². The Morgan fingerprint density at radius 1 is 1.07 bits per heavy atom. The van der Waals surface area contributed by atoms with Gasteiger partial charge in [0, 0.05) is 31.1 Å². The number of aryl methyl sites for hydroxylation is 1. The lowest BCUT2D eigenvalue weighted by Gasteiger charge is -2.25. The van der Waals surface area contributed by atoms with Crippen LogP contribution in [0.5, 0.6) is 0 Å². The molecule has 0 atom stereocenters. The van der Waals surface area contributed by atoms with Crippen molar-refractivity contribution in [1.82, 2.24) is 16.0 Å². The number of nitrogens with zero attached hydrogens (tertiary/aromatic N) is 1. The third kappa shape index (κ3) is 7.63. The summed E-state index contributed by atoms with van der Waals surface area (Å²) in [5.41, 5.74) is 4.38. The van der Waals surface area contributed by atoms with Gasteiger partial charge in [-0.15, -0.1) is 24.0 Å². The predicted molar refractivity (Wildman–Crippen MR) is 137 cm³/mol. The van der Waals surface area contributed by atoms with Crippen molar-refractivity contribution in [3.05, 3.63) is 70.8 Å². The molecule has 164 valence electrons. The highest BCUT2D eigenvalue weighted by atomic mass is 127. The van der Waals surface area contributed by atoms with E-state index in [9.17, 15) is 4.79 Å². The molecule has 0 aliphatic rings. The normalized spacial score (nSPS) is 11.4. The van der Waals surface area contributed by atoms with Crippen molar-refractivity contribution in [1.29, 1.82) is 0 Å². The molecular weight excluding hydrogens is 487 g/mol. The second kappa shape index (κ2) is 12.6. The maximum atomic E-state index is 11.8. The first-order valence-electron chi connectivity index (χ1n) is 10.3. The molecule has 0 heterocycles. The minimum atomic E-state index is -0.0619. The van der Waals surface area contributed by atoms with Gasteiger partial charge in [0.2, 0.25) is 0 Å². The summed E-state index contributed by atoms with van der Waals surface area (Å²) in [6, 6.07) is 16.2. The zero-order valence-electron chi connectivity index (χ0n) is 18.7. The van der Waals surface area contributed by atoms with Gasteiger partial charge in [-0.2, -0.15) is 0 Å². The Labute approximate surface area is 198 Å². The second-order valence-electron chi connectivity index (χ2n) is 7.85. The molecule has 0 bridgehead atoms. The predicted octanol–water partition coefficient (Wildman–Crippen LogP) is 4.05. The van der Waals surface area contributed by atoms with Gasteiger partial charge in [-0.25, -0.2) is 0 Å². The Morgan fingerprint density at radius 2 is 1.80 bits per heavy atom. The lowest BCUT2D eigenvalue weighted by Crippen LogP contribution is -2.39. The molecule has 0 aromatic heterocycles. The van der Waals surface area contributed by atoms with Gasteiger partial charge in [0.1, 0.15) is 0 Å². The van der Waals surface area contributed by atoms with Crippen molar-refractivity contribution in [2.24, 2.45) is 4.99 Å². The third-order valence-electron chi connectivity index (χ3n) is 4.97. The van der Waals surface area contributed by atoms with Gasteiger partial charge >= 0.3 is 0 Å². The summed E-state index contributed by atoms with van der Waals surface area (Å²) in [5, 5.41) is 9.39. The lowest BCUT2D eigenvalue weighted by atomic mass is 9.82. The standard InChI is InChI=1S/C24H34N4O.HI/c1-6-26-23(28-17-24(3,4)21-13-8-7-10-18(21)2)27-15-14-19-11-9-12-20(16-19)22(29)25-5;/h7-13,16H,6,14-15,17H2,1-5H3,(H,25,29)(H2,26,27,28);1H. The van der Waals surface area contributed by atoms with Crippen LogP contribution in [0.4, 0.5) is 0 Å². The quantitative estimate of drug-likeness (QED) is 0.279. The molecule has 0 aliphatic heterocycles. The molecule has 2 rings (SSSR count). The summed E-state index contributed by atoms with van der Waals surface area (Å²) in [5.74, 6) is 0.754. The topological polar surface area (TPSA) is 65.5 Å². The van der Waals surface area contributed by atoms with Crippen LogP contribution in [0.3, 0.4) is 0 Å². The van der Waals surface area contributed by atoms with E-state index in [1.54, 1.807) is 7.05 Å². The van der Waals surface area contributed by atoms with Gasteiger partial charge in [0.15, 0.2) is 5.96 Å². The van der Waals surface area contributed by atoms with E-state index < -0.39 is 0 Å². The van der Waals surface area contributed by atoms with E-state index in [1.165, 1.54) is 11.1 Å². The molecule has 6 heteroatoms. The number of amides is 1. The zero-order chi connectivity index (χ0) is 21.3. The van der Waals surface area contributed by atoms with Gasteiger partial charge < -0.3 is 16.0 Å². The molecule has 0 unspecified atom stereocenters. The maximum Gasteiger partial charge on any atom is 0.251 e. The number of benzene rings is 2. The molecule has 2 aromatic rings. The van der Waals surface area contributed by atoms with Gasteiger partial charge in [0.25, 0.3) is 5.91 Å². The molecule has 5 nitrogen and oxygen atoms in total. The summed E-state index contributed by atoms with van der Waals surface area (Å²) in [6.07, 6.45) is 0.816. The number of hydrogen-bond donors (Lipinski definition) is 3. The van der Waals surface area contributed by atoms with Crippen molar-refractivity contribution in [3.63, 3.8) is 0 Å². The van der Waals surface area contributed by atoms with Crippen molar-refractivity contribution < 1.29 is 4.79 Å². The van der Waals surface area contributed by atoms with Gasteiger partial charge in [0.05, 0.1) is 6.54 Å². The number of rotatable bonds is 8. The van der Waals surface area contributed by atoms with E-state index in [0.717, 1.165) is 31.0 Å². The Bertz CT molecular complexity index is 849. The van der Waals surface area contributed by atoms with E-state index in [2.05, 4.69) is 67.9 Å². The molecule has 30 heavy (non-hydrogen) atoms. The Hall–Kier alpha value is -2.09. The highest BCUT2D eigenvalue weighted by Gasteiger charge is 2.22. The Balaban J connectivity index is 0.00000450. The van der Waals surface area contributed by atoms with Crippen LogP contribution < -0.4 is 16.0 Å². The number of hydrogen-bond acceptors (Lipinski definition) is 2. The number of halogens is 1. The SMILES string of the molecule is CCNC(=NCC(C)(C)c1ccccc1C)NCCc1cccc(C(=O)NC)c1.I. The average Bonchev–Trinajstić information content (AvgIpc) is 2.72. The molecule has 3 N–H and O–H groups in total. The molecule has 2 aromatic carbocycles. The zero-order valence-corrected chi connectivity index (χ0v) is 21.0. The maximum absolute atomic E-state index is 11.8. The van der Waals surface area contributed by atoms with Crippen molar-refractivity contribution in [2.45, 2.75) is 39.5 Å². The fraction of sp³-hybridized carbons (Fsp3) is 0.417. The first-order valence-corrected chi connectivity index (χ1v) is 10.3. The molecule has 0 aliphatic carbocycles. The number of aliphatic imine (C=N–C) groups is 1. The Morgan fingerprint density at radius 3 is 2.47 bits per heavy atom. The monoisotopic (exact) mass is 522 g/mol. The van der Waals surface area contributed by atoms with E-state index in [-0.39, 0.29) is 35.3 Å². The van der Waals surface area contributed by atoms with Crippen LogP contribution in [-0.4, -0.2) is 38.5 Å². The lowest BCUT2D eigenvalue weighted by molar-refractivity contribution is 0.0963. The summed E-state index contributed by atoms with van der Waals surface area (Å²) >= 11 is 0. The molecule has 0 fully saturated rings. The van der Waals surface area contributed by atoms with Gasteiger partial charge in [-0.1, -0.05) is 50.2 Å². The number of guanidine groups is 1. The van der Waals surface area contributed by atoms with Crippen LogP contribution >= 0.6 is 24.0 Å². The van der Waals surface area contributed by atoms with Crippen LogP contribution in [0.25, 0.3) is 0 Å². The minimum absolute atomic E-state index is 0. The molecular formula is C24H35IN4O. The molecule has 0 radical (unpaired) electrons. The highest BCUT2D eigenvalue weighted by molar-refractivity contribution is 14.0. The Kier molecular flexibility index (Phi) is 10.9. The minimum Gasteiger partial charge on any atom is -0.357 e. The number of nitrogens with one attached hydrogen (secondary N) is 3. The second-order valence-corrected chi connectivity index (χ2v) is 7.85.